The molecular formula is C46H72N6O8. The molecule has 0 aliphatic carbocycles. The van der Waals surface area contributed by atoms with Gasteiger partial charge in [-0.15, -0.1) is 0 Å². The van der Waals surface area contributed by atoms with Crippen LogP contribution in [0.25, 0.3) is 0 Å². The highest BCUT2D eigenvalue weighted by atomic mass is 16.5. The number of carboxylic acid groups (broad SMARTS) is 1. The average molecular weight is 837 g/mol. The second kappa shape index (κ2) is 23.5. The van der Waals surface area contributed by atoms with E-state index in [0.717, 1.165) is 11.1 Å². The lowest BCUT2D eigenvalue weighted by molar-refractivity contribution is -0.148. The predicted octanol–water partition coefficient (Wildman–Crippen LogP) is 4.60. The summed E-state index contributed by atoms with van der Waals surface area (Å²) in [7, 11) is 6.64. The molecule has 0 saturated carbocycles. The van der Waals surface area contributed by atoms with Crippen LogP contribution in [0.4, 0.5) is 5.69 Å². The van der Waals surface area contributed by atoms with Gasteiger partial charge in [-0.3, -0.25) is 24.1 Å². The quantitative estimate of drug-likeness (QED) is 0.116. The minimum Gasteiger partial charge on any atom is -0.480 e. The van der Waals surface area contributed by atoms with Gasteiger partial charge in [0.2, 0.25) is 23.6 Å². The lowest BCUT2D eigenvalue weighted by Crippen LogP contribution is -2.60. The van der Waals surface area contributed by atoms with E-state index in [1.807, 2.05) is 108 Å². The fourth-order valence-corrected chi connectivity index (χ4v) is 8.72. The van der Waals surface area contributed by atoms with Crippen molar-refractivity contribution in [1.82, 2.24) is 25.3 Å². The summed E-state index contributed by atoms with van der Waals surface area (Å²) in [5.41, 5.74) is 8.42. The van der Waals surface area contributed by atoms with Crippen LogP contribution in [0.2, 0.25) is 0 Å². The van der Waals surface area contributed by atoms with E-state index < -0.39 is 60.2 Å². The Hall–Kier alpha value is -4.53. The first kappa shape index (κ1) is 49.8. The number of hydrogen-bond acceptors (Lipinski definition) is 9. The molecule has 1 fully saturated rings. The smallest absolute Gasteiger partial charge is 0.326 e. The van der Waals surface area contributed by atoms with Gasteiger partial charge >= 0.3 is 5.97 Å². The Bertz CT molecular complexity index is 1710. The third-order valence-electron chi connectivity index (χ3n) is 12.1. The second-order valence-electron chi connectivity index (χ2n) is 17.3. The molecule has 9 atom stereocenters. The van der Waals surface area contributed by atoms with Crippen molar-refractivity contribution in [3.05, 3.63) is 65.7 Å². The number of nitrogens with zero attached hydrogens (tertiary/aromatic N) is 3. The number of nitrogen functional groups attached to an aromatic ring is 1. The van der Waals surface area contributed by atoms with Crippen molar-refractivity contribution < 1.29 is 38.6 Å². The molecule has 14 nitrogen and oxygen atoms in total. The molecule has 0 spiro atoms. The van der Waals surface area contributed by atoms with Crippen LogP contribution in [-0.4, -0.2) is 127 Å². The minimum atomic E-state index is -1.14. The summed E-state index contributed by atoms with van der Waals surface area (Å²) >= 11 is 0. The Labute approximate surface area is 357 Å². The third kappa shape index (κ3) is 13.2. The van der Waals surface area contributed by atoms with E-state index in [4.69, 9.17) is 15.2 Å². The molecule has 1 saturated heterocycles. The molecule has 0 aromatic heterocycles. The van der Waals surface area contributed by atoms with Gasteiger partial charge < -0.3 is 40.7 Å². The van der Waals surface area contributed by atoms with Crippen LogP contribution in [0.5, 0.6) is 0 Å². The van der Waals surface area contributed by atoms with Crippen LogP contribution >= 0.6 is 0 Å². The molecule has 60 heavy (non-hydrogen) atoms. The molecule has 2 aromatic carbocycles. The van der Waals surface area contributed by atoms with Gasteiger partial charge in [-0.2, -0.15) is 0 Å². The van der Waals surface area contributed by atoms with Crippen molar-refractivity contribution in [3.8, 4) is 0 Å². The van der Waals surface area contributed by atoms with Gasteiger partial charge in [0.1, 0.15) is 12.1 Å². The monoisotopic (exact) mass is 837 g/mol. The van der Waals surface area contributed by atoms with Crippen LogP contribution in [0.1, 0.15) is 85.3 Å². The highest BCUT2D eigenvalue weighted by molar-refractivity contribution is 5.90. The molecule has 1 heterocycles. The number of amides is 4. The Morgan fingerprint density at radius 2 is 1.53 bits per heavy atom. The van der Waals surface area contributed by atoms with Crippen molar-refractivity contribution in [3.63, 3.8) is 0 Å². The van der Waals surface area contributed by atoms with Crippen molar-refractivity contribution in [2.45, 2.75) is 130 Å². The van der Waals surface area contributed by atoms with Crippen molar-refractivity contribution >= 4 is 35.3 Å². The summed E-state index contributed by atoms with van der Waals surface area (Å²) in [6.45, 7) is 14.5. The standard InChI is InChI=1S/C46H72N6O8/c1-12-30(6)41(51(9)45(56)39(28(2)3)49-44(55)40(29(4)5)50(8)27-33-20-16-21-34(47)24-33)37(59-10)26-38(53)52-23-17-22-36(52)42(60-11)31(7)43(54)48-35(46(57)58)25-32-18-14-13-15-19-32/h13-16,18-21,24,28-31,35-37,39-42H,12,17,22-23,25-27,47H2,1-11H3,(H,48,54)(H,49,55)(H,57,58)/t30-,31+,35-,36-,37+,39?,40-,41-,42+/m0/s1. The summed E-state index contributed by atoms with van der Waals surface area (Å²) in [5.74, 6) is -3.48. The number of likely N-dealkylation sites (N-methyl/N-ethyl adjacent to an activating group) is 2. The summed E-state index contributed by atoms with van der Waals surface area (Å²) in [4.78, 5) is 73.9. The molecule has 3 rings (SSSR count). The van der Waals surface area contributed by atoms with E-state index in [2.05, 4.69) is 10.6 Å². The molecule has 5 N–H and O–H groups in total. The number of likely N-dealkylation sites (tertiary alicyclic amines) is 1. The van der Waals surface area contributed by atoms with Crippen LogP contribution in [0, 0.1) is 23.7 Å². The number of nitrogens with two attached hydrogens (primary N) is 1. The van der Waals surface area contributed by atoms with Gasteiger partial charge in [-0.25, -0.2) is 4.79 Å². The maximum absolute atomic E-state index is 14.5. The number of aliphatic carboxylic acids is 1. The van der Waals surface area contributed by atoms with Crippen LogP contribution < -0.4 is 16.4 Å². The largest absolute Gasteiger partial charge is 0.480 e. The van der Waals surface area contributed by atoms with Crippen molar-refractivity contribution in [1.29, 1.82) is 0 Å². The maximum Gasteiger partial charge on any atom is 0.326 e. The Morgan fingerprint density at radius 1 is 0.883 bits per heavy atom. The molecule has 334 valence electrons. The predicted molar refractivity (Wildman–Crippen MR) is 234 cm³/mol. The number of carboxylic acids is 1. The van der Waals surface area contributed by atoms with E-state index in [-0.39, 0.29) is 48.3 Å². The number of hydrogen-bond donors (Lipinski definition) is 4. The molecule has 4 amide bonds. The van der Waals surface area contributed by atoms with E-state index in [9.17, 15) is 29.1 Å². The number of benzene rings is 2. The fraction of sp³-hybridized carbons (Fsp3) is 0.630. The first-order valence-electron chi connectivity index (χ1n) is 21.4. The van der Waals surface area contributed by atoms with Gasteiger partial charge in [0.05, 0.1) is 42.7 Å². The van der Waals surface area contributed by atoms with Crippen molar-refractivity contribution in [2.24, 2.45) is 23.7 Å². The summed E-state index contributed by atoms with van der Waals surface area (Å²) in [5, 5.41) is 15.7. The Morgan fingerprint density at radius 3 is 2.08 bits per heavy atom. The lowest BCUT2D eigenvalue weighted by Gasteiger charge is -2.41. The van der Waals surface area contributed by atoms with Crippen molar-refractivity contribution in [2.75, 3.05) is 40.6 Å². The normalized spacial score (nSPS) is 18.3. The summed E-state index contributed by atoms with van der Waals surface area (Å²) < 4.78 is 11.9. The van der Waals surface area contributed by atoms with Crippen LogP contribution in [0.15, 0.2) is 54.6 Å². The Kier molecular flexibility index (Phi) is 19.5. The number of rotatable bonds is 23. The number of carbonyl (C=O) groups is 5. The van der Waals surface area contributed by atoms with E-state index >= 15 is 0 Å². The molecule has 1 unspecified atom stereocenters. The first-order valence-corrected chi connectivity index (χ1v) is 21.4. The lowest BCUT2D eigenvalue weighted by atomic mass is 9.89. The summed E-state index contributed by atoms with van der Waals surface area (Å²) in [6, 6.07) is 13.2. The highest BCUT2D eigenvalue weighted by Crippen LogP contribution is 2.30. The molecule has 14 heteroatoms. The average Bonchev–Trinajstić information content (AvgIpc) is 3.69. The highest BCUT2D eigenvalue weighted by Gasteiger charge is 2.43. The van der Waals surface area contributed by atoms with Gasteiger partial charge in [-0.05, 0) is 60.9 Å². The second-order valence-corrected chi connectivity index (χ2v) is 17.3. The fourth-order valence-electron chi connectivity index (χ4n) is 8.72. The Balaban J connectivity index is 1.78. The molecular weight excluding hydrogens is 765 g/mol. The number of nitrogens with one attached hydrogen (secondary N) is 2. The third-order valence-corrected chi connectivity index (χ3v) is 12.1. The SMILES string of the molecule is CC[C@H](C)[C@@H]([C@@H](CC(=O)N1CCC[C@H]1[C@H](OC)[C@@H](C)C(=O)N[C@@H](Cc1ccccc1)C(=O)O)OC)N(C)C(=O)C(NC(=O)[C@H](C(C)C)N(C)Cc1cccc(N)c1)C(C)C. The first-order chi connectivity index (χ1) is 28.4. The topological polar surface area (TPSA) is 184 Å². The van der Waals surface area contributed by atoms with Gasteiger partial charge in [0.15, 0.2) is 0 Å². The summed E-state index contributed by atoms with van der Waals surface area (Å²) in [6.07, 6.45) is 0.703. The molecule has 0 radical (unpaired) electrons. The molecule has 1 aliphatic rings. The number of carbonyl (C=O) groups excluding carboxylic acids is 4. The number of ether oxygens (including phenoxy) is 2. The molecule has 2 aromatic rings. The van der Waals surface area contributed by atoms with Gasteiger partial charge in [0.25, 0.3) is 0 Å². The molecule has 1 aliphatic heterocycles. The van der Waals surface area contributed by atoms with E-state index in [0.29, 0.717) is 38.0 Å². The number of anilines is 1. The zero-order chi connectivity index (χ0) is 44.8. The number of methoxy groups -OCH3 is 2. The van der Waals surface area contributed by atoms with Crippen LogP contribution in [-0.2, 0) is 46.4 Å². The van der Waals surface area contributed by atoms with E-state index in [1.54, 1.807) is 23.8 Å². The van der Waals surface area contributed by atoms with Crippen LogP contribution in [0.3, 0.4) is 0 Å². The maximum atomic E-state index is 14.5. The van der Waals surface area contributed by atoms with Gasteiger partial charge in [0, 0.05) is 46.5 Å². The van der Waals surface area contributed by atoms with E-state index in [1.165, 1.54) is 14.2 Å². The minimum absolute atomic E-state index is 0.0300. The molecule has 0 bridgehead atoms. The van der Waals surface area contributed by atoms with Gasteiger partial charge in [-0.1, -0.05) is 97.4 Å². The zero-order valence-electron chi connectivity index (χ0n) is 37.7. The zero-order valence-corrected chi connectivity index (χ0v) is 37.7.